The van der Waals surface area contributed by atoms with Crippen molar-refractivity contribution in [3.05, 3.63) is 0 Å². The molecule has 6 unspecified atom stereocenters. The fraction of sp³-hybridized carbons (Fsp3) is 0.920. The Hall–Kier alpha value is -1.10. The van der Waals surface area contributed by atoms with Gasteiger partial charge in [-0.1, -0.05) is 26.7 Å². The number of carboxylic acid groups (broad SMARTS) is 1. The highest BCUT2D eigenvalue weighted by atomic mass is 16.4. The first-order valence-corrected chi connectivity index (χ1v) is 12.4. The molecular formula is C25H41NO4. The molecule has 5 nitrogen and oxygen atoms in total. The summed E-state index contributed by atoms with van der Waals surface area (Å²) in [5.41, 5.74) is 0.417. The van der Waals surface area contributed by atoms with Gasteiger partial charge in [0.1, 0.15) is 6.54 Å². The third kappa shape index (κ3) is 3.69. The van der Waals surface area contributed by atoms with E-state index in [2.05, 4.69) is 19.2 Å². The van der Waals surface area contributed by atoms with Crippen molar-refractivity contribution < 1.29 is 19.8 Å². The second-order valence-corrected chi connectivity index (χ2v) is 11.4. The second-order valence-electron chi connectivity index (χ2n) is 11.4. The van der Waals surface area contributed by atoms with Crippen LogP contribution in [-0.4, -0.2) is 34.7 Å². The SMILES string of the molecule is CC12CCCCC1CCC1C2C[C@H](O)C2(C)C(CCCC(=O)NCC(=O)O)CC[C@@H]12. The lowest BCUT2D eigenvalue weighted by molar-refractivity contribution is -0.164. The summed E-state index contributed by atoms with van der Waals surface area (Å²) in [5.74, 6) is 2.23. The molecule has 0 saturated heterocycles. The largest absolute Gasteiger partial charge is 0.480 e. The van der Waals surface area contributed by atoms with Gasteiger partial charge in [0, 0.05) is 6.42 Å². The number of carbonyl (C=O) groups is 2. The van der Waals surface area contributed by atoms with Crippen LogP contribution in [0, 0.1) is 40.4 Å². The fourth-order valence-corrected chi connectivity index (χ4v) is 8.62. The number of fused-ring (bicyclic) bond motifs is 5. The van der Waals surface area contributed by atoms with Crippen LogP contribution in [0.3, 0.4) is 0 Å². The summed E-state index contributed by atoms with van der Waals surface area (Å²) in [6.07, 6.45) is 13.5. The van der Waals surface area contributed by atoms with Crippen LogP contribution in [0.4, 0.5) is 0 Å². The molecule has 170 valence electrons. The van der Waals surface area contributed by atoms with Gasteiger partial charge in [0.05, 0.1) is 6.10 Å². The summed E-state index contributed by atoms with van der Waals surface area (Å²) in [7, 11) is 0. The van der Waals surface area contributed by atoms with Crippen LogP contribution in [0.2, 0.25) is 0 Å². The van der Waals surface area contributed by atoms with Crippen LogP contribution in [0.1, 0.15) is 90.9 Å². The minimum atomic E-state index is -1.00. The van der Waals surface area contributed by atoms with E-state index in [-0.39, 0.29) is 24.0 Å². The Balaban J connectivity index is 1.40. The van der Waals surface area contributed by atoms with Gasteiger partial charge in [-0.2, -0.15) is 0 Å². The molecule has 4 aliphatic carbocycles. The van der Waals surface area contributed by atoms with Gasteiger partial charge < -0.3 is 15.5 Å². The number of aliphatic hydroxyl groups excluding tert-OH is 1. The van der Waals surface area contributed by atoms with Gasteiger partial charge in [0.2, 0.25) is 5.91 Å². The van der Waals surface area contributed by atoms with Crippen molar-refractivity contribution in [2.75, 3.05) is 6.54 Å². The van der Waals surface area contributed by atoms with E-state index in [9.17, 15) is 14.7 Å². The molecule has 8 atom stereocenters. The highest BCUT2D eigenvalue weighted by molar-refractivity contribution is 5.80. The van der Waals surface area contributed by atoms with Crippen LogP contribution in [0.5, 0.6) is 0 Å². The summed E-state index contributed by atoms with van der Waals surface area (Å²) < 4.78 is 0. The van der Waals surface area contributed by atoms with Crippen molar-refractivity contribution in [2.24, 2.45) is 40.4 Å². The first kappa shape index (κ1) is 22.1. The monoisotopic (exact) mass is 419 g/mol. The number of aliphatic carboxylic acids is 1. The maximum Gasteiger partial charge on any atom is 0.322 e. The van der Waals surface area contributed by atoms with Crippen LogP contribution < -0.4 is 5.32 Å². The molecule has 0 aromatic heterocycles. The molecule has 0 aliphatic heterocycles. The van der Waals surface area contributed by atoms with Gasteiger partial charge in [-0.05, 0) is 98.2 Å². The Kier molecular flexibility index (Phi) is 6.22. The predicted octanol–water partition coefficient (Wildman–Crippen LogP) is 4.38. The molecule has 0 radical (unpaired) electrons. The van der Waals surface area contributed by atoms with E-state index < -0.39 is 5.97 Å². The van der Waals surface area contributed by atoms with Crippen molar-refractivity contribution in [1.29, 1.82) is 0 Å². The number of hydrogen-bond acceptors (Lipinski definition) is 3. The normalized spacial score (nSPS) is 45.2. The maximum atomic E-state index is 11.9. The average molecular weight is 420 g/mol. The van der Waals surface area contributed by atoms with Crippen LogP contribution in [0.25, 0.3) is 0 Å². The number of carboxylic acids is 1. The van der Waals surface area contributed by atoms with E-state index in [4.69, 9.17) is 5.11 Å². The molecular weight excluding hydrogens is 378 g/mol. The highest BCUT2D eigenvalue weighted by Gasteiger charge is 2.62. The molecule has 30 heavy (non-hydrogen) atoms. The smallest absolute Gasteiger partial charge is 0.322 e. The van der Waals surface area contributed by atoms with E-state index in [1.165, 1.54) is 51.4 Å². The summed E-state index contributed by atoms with van der Waals surface area (Å²) in [4.78, 5) is 22.5. The Bertz CT molecular complexity index is 666. The van der Waals surface area contributed by atoms with E-state index in [0.29, 0.717) is 29.6 Å². The Morgan fingerprint density at radius 2 is 1.83 bits per heavy atom. The van der Waals surface area contributed by atoms with Gasteiger partial charge >= 0.3 is 5.97 Å². The standard InChI is InChI=1S/C25H41NO4/c1-24-13-4-3-6-16(24)9-11-18-19-12-10-17(25(19,2)21(27)14-20(18)24)7-5-8-22(28)26-15-23(29)30/h16-21,27H,3-15H2,1-2H3,(H,26,28)(H,29,30)/t16?,17?,18?,19-,20?,21-,24?,25?/m0/s1. The number of amides is 1. The Labute approximate surface area is 181 Å². The zero-order chi connectivity index (χ0) is 21.5. The topological polar surface area (TPSA) is 86.6 Å². The van der Waals surface area contributed by atoms with Crippen LogP contribution >= 0.6 is 0 Å². The average Bonchev–Trinajstić information content (AvgIpc) is 3.05. The van der Waals surface area contributed by atoms with Crippen LogP contribution in [0.15, 0.2) is 0 Å². The van der Waals surface area contributed by atoms with Gasteiger partial charge in [-0.25, -0.2) is 0 Å². The van der Waals surface area contributed by atoms with Crippen molar-refractivity contribution in [2.45, 2.75) is 97.0 Å². The molecule has 1 amide bonds. The number of carbonyl (C=O) groups excluding carboxylic acids is 1. The van der Waals surface area contributed by atoms with Crippen LogP contribution in [-0.2, 0) is 9.59 Å². The first-order chi connectivity index (χ1) is 14.3. The lowest BCUT2D eigenvalue weighted by Crippen LogP contribution is -2.57. The van der Waals surface area contributed by atoms with Crippen molar-refractivity contribution in [1.82, 2.24) is 5.32 Å². The summed E-state index contributed by atoms with van der Waals surface area (Å²) in [5, 5.41) is 22.6. The lowest BCUT2D eigenvalue weighted by atomic mass is 9.44. The third-order valence-corrected chi connectivity index (χ3v) is 10.3. The highest BCUT2D eigenvalue weighted by Crippen LogP contribution is 2.67. The number of rotatable bonds is 6. The number of aliphatic hydroxyl groups is 1. The molecule has 4 aliphatic rings. The molecule has 0 aromatic rings. The lowest BCUT2D eigenvalue weighted by Gasteiger charge is -2.62. The summed E-state index contributed by atoms with van der Waals surface area (Å²) >= 11 is 0. The van der Waals surface area contributed by atoms with E-state index in [1.807, 2.05) is 0 Å². The third-order valence-electron chi connectivity index (χ3n) is 10.3. The van der Waals surface area contributed by atoms with Crippen molar-refractivity contribution >= 4 is 11.9 Å². The van der Waals surface area contributed by atoms with E-state index in [0.717, 1.165) is 31.1 Å². The molecule has 0 bridgehead atoms. The minimum Gasteiger partial charge on any atom is -0.480 e. The maximum absolute atomic E-state index is 11.9. The Morgan fingerprint density at radius 1 is 1.03 bits per heavy atom. The molecule has 4 saturated carbocycles. The van der Waals surface area contributed by atoms with Gasteiger partial charge in [-0.3, -0.25) is 9.59 Å². The van der Waals surface area contributed by atoms with E-state index >= 15 is 0 Å². The van der Waals surface area contributed by atoms with Crippen molar-refractivity contribution in [3.63, 3.8) is 0 Å². The molecule has 5 heteroatoms. The zero-order valence-electron chi connectivity index (χ0n) is 18.9. The summed E-state index contributed by atoms with van der Waals surface area (Å²) in [6, 6.07) is 0. The minimum absolute atomic E-state index is 0.0173. The van der Waals surface area contributed by atoms with Crippen molar-refractivity contribution in [3.8, 4) is 0 Å². The Morgan fingerprint density at radius 3 is 2.60 bits per heavy atom. The zero-order valence-corrected chi connectivity index (χ0v) is 18.9. The molecule has 0 heterocycles. The fourth-order valence-electron chi connectivity index (χ4n) is 8.62. The molecule has 3 N–H and O–H groups in total. The van der Waals surface area contributed by atoms with Gasteiger partial charge in [0.25, 0.3) is 0 Å². The first-order valence-electron chi connectivity index (χ1n) is 12.4. The summed E-state index contributed by atoms with van der Waals surface area (Å²) in [6.45, 7) is 4.59. The molecule has 4 rings (SSSR count). The predicted molar refractivity (Wildman–Crippen MR) is 116 cm³/mol. The van der Waals surface area contributed by atoms with E-state index in [1.54, 1.807) is 0 Å². The second kappa shape index (κ2) is 8.44. The quantitative estimate of drug-likeness (QED) is 0.596. The number of hydrogen-bond donors (Lipinski definition) is 3. The molecule has 0 spiro atoms. The van der Waals surface area contributed by atoms with Gasteiger partial charge in [-0.15, -0.1) is 0 Å². The molecule has 4 fully saturated rings. The van der Waals surface area contributed by atoms with Gasteiger partial charge in [0.15, 0.2) is 0 Å². The number of nitrogens with one attached hydrogen (secondary N) is 1. The molecule has 0 aromatic carbocycles.